The van der Waals surface area contributed by atoms with Gasteiger partial charge in [0.05, 0.1) is 0 Å². The lowest BCUT2D eigenvalue weighted by Crippen LogP contribution is -2.59. The predicted molar refractivity (Wildman–Crippen MR) is 96.3 cm³/mol. The molecule has 5 atom stereocenters. The number of hydrogen-bond donors (Lipinski definition) is 7. The molecule has 9 nitrogen and oxygen atoms in total. The number of rotatable bonds is 4. The summed E-state index contributed by atoms with van der Waals surface area (Å²) in [6.07, 6.45) is -4.98. The van der Waals surface area contributed by atoms with Crippen molar-refractivity contribution < 1.29 is 45.2 Å². The molecule has 1 aliphatic heterocycles. The Kier molecular flexibility index (Phi) is 5.73. The standard InChI is InChI=1S/C19H20O9/c20-11-5-10(2-1-9-3-4-13(21)14(22)7-9)6-12(8-11)27-19-17(25)15(23)16(24)18(26)28-19/h1-8,15-26H/b2-1+/t15-,16-,17+,18-,19-/m1/s1. The number of aliphatic hydroxyl groups is 4. The average molecular weight is 392 g/mol. The summed E-state index contributed by atoms with van der Waals surface area (Å²) in [6.45, 7) is 0. The van der Waals surface area contributed by atoms with E-state index in [0.717, 1.165) is 0 Å². The zero-order valence-corrected chi connectivity index (χ0v) is 14.5. The van der Waals surface area contributed by atoms with E-state index >= 15 is 0 Å². The molecule has 0 unspecified atom stereocenters. The van der Waals surface area contributed by atoms with Gasteiger partial charge in [-0.15, -0.1) is 0 Å². The summed E-state index contributed by atoms with van der Waals surface area (Å²) in [5.41, 5.74) is 1.08. The Morgan fingerprint density at radius 1 is 0.750 bits per heavy atom. The normalized spacial score (nSPS) is 27.8. The van der Waals surface area contributed by atoms with Crippen molar-refractivity contribution in [2.75, 3.05) is 0 Å². The minimum Gasteiger partial charge on any atom is -0.508 e. The smallest absolute Gasteiger partial charge is 0.231 e. The van der Waals surface area contributed by atoms with E-state index in [1.54, 1.807) is 18.2 Å². The van der Waals surface area contributed by atoms with Gasteiger partial charge >= 0.3 is 0 Å². The third-order valence-corrected chi connectivity index (χ3v) is 4.18. The van der Waals surface area contributed by atoms with Crippen LogP contribution in [-0.2, 0) is 4.74 Å². The topological polar surface area (TPSA) is 160 Å². The summed E-state index contributed by atoms with van der Waals surface area (Å²) in [6, 6.07) is 8.42. The van der Waals surface area contributed by atoms with Crippen LogP contribution >= 0.6 is 0 Å². The third-order valence-electron chi connectivity index (χ3n) is 4.18. The molecule has 7 N–H and O–H groups in total. The van der Waals surface area contributed by atoms with Crippen LogP contribution in [0.2, 0.25) is 0 Å². The van der Waals surface area contributed by atoms with Crippen molar-refractivity contribution >= 4 is 12.2 Å². The van der Waals surface area contributed by atoms with E-state index < -0.39 is 30.9 Å². The molecule has 0 saturated carbocycles. The largest absolute Gasteiger partial charge is 0.508 e. The first kappa shape index (κ1) is 19.9. The molecule has 2 aromatic rings. The van der Waals surface area contributed by atoms with E-state index in [1.165, 1.54) is 30.3 Å². The molecule has 2 aromatic carbocycles. The van der Waals surface area contributed by atoms with Crippen molar-refractivity contribution in [3.63, 3.8) is 0 Å². The molecule has 1 fully saturated rings. The number of aliphatic hydroxyl groups excluding tert-OH is 4. The summed E-state index contributed by atoms with van der Waals surface area (Å²) in [7, 11) is 0. The highest BCUT2D eigenvalue weighted by atomic mass is 16.7. The van der Waals surface area contributed by atoms with Crippen LogP contribution in [0.5, 0.6) is 23.0 Å². The SMILES string of the molecule is Oc1cc(/C=C/c2ccc(O)c(O)c2)cc(O[C@@H]2O[C@@H](O)[C@H](O)[C@@H](O)[C@@H]2O)c1. The van der Waals surface area contributed by atoms with Crippen molar-refractivity contribution in [1.82, 2.24) is 0 Å². The predicted octanol–water partition coefficient (Wildman–Crippen LogP) is 0.110. The highest BCUT2D eigenvalue weighted by Gasteiger charge is 2.44. The molecule has 28 heavy (non-hydrogen) atoms. The van der Waals surface area contributed by atoms with E-state index in [-0.39, 0.29) is 23.0 Å². The second-order valence-corrected chi connectivity index (χ2v) is 6.33. The van der Waals surface area contributed by atoms with Gasteiger partial charge in [0, 0.05) is 6.07 Å². The Hall–Kier alpha value is -2.82. The fourth-order valence-corrected chi connectivity index (χ4v) is 2.67. The first-order valence-corrected chi connectivity index (χ1v) is 8.33. The highest BCUT2D eigenvalue weighted by molar-refractivity contribution is 5.72. The fraction of sp³-hybridized carbons (Fsp3) is 0.263. The maximum atomic E-state index is 9.93. The molecule has 1 saturated heterocycles. The number of phenolic OH excluding ortho intramolecular Hbond substituents is 3. The quantitative estimate of drug-likeness (QED) is 0.283. The van der Waals surface area contributed by atoms with Crippen LogP contribution in [-0.4, -0.2) is 66.6 Å². The number of hydrogen-bond acceptors (Lipinski definition) is 9. The van der Waals surface area contributed by atoms with Crippen LogP contribution in [0.3, 0.4) is 0 Å². The van der Waals surface area contributed by atoms with Gasteiger partial charge in [-0.05, 0) is 35.4 Å². The Labute approximate surface area is 159 Å². The molecule has 150 valence electrons. The lowest BCUT2D eigenvalue weighted by atomic mass is 10.0. The molecular weight excluding hydrogens is 372 g/mol. The van der Waals surface area contributed by atoms with Gasteiger partial charge in [-0.3, -0.25) is 0 Å². The first-order chi connectivity index (χ1) is 13.2. The van der Waals surface area contributed by atoms with E-state index in [4.69, 9.17) is 9.47 Å². The van der Waals surface area contributed by atoms with E-state index in [2.05, 4.69) is 0 Å². The molecule has 3 rings (SSSR count). The Balaban J connectivity index is 1.77. The zero-order chi connectivity index (χ0) is 20.4. The fourth-order valence-electron chi connectivity index (χ4n) is 2.67. The summed E-state index contributed by atoms with van der Waals surface area (Å²) in [5.74, 6) is -0.597. The van der Waals surface area contributed by atoms with Gasteiger partial charge < -0.3 is 45.2 Å². The highest BCUT2D eigenvalue weighted by Crippen LogP contribution is 2.29. The molecule has 0 aliphatic carbocycles. The molecule has 0 radical (unpaired) electrons. The average Bonchev–Trinajstić information content (AvgIpc) is 2.65. The first-order valence-electron chi connectivity index (χ1n) is 8.33. The Morgan fingerprint density at radius 3 is 2.18 bits per heavy atom. The minimum absolute atomic E-state index is 0.0769. The van der Waals surface area contributed by atoms with Gasteiger partial charge in [-0.1, -0.05) is 18.2 Å². The molecule has 1 heterocycles. The van der Waals surface area contributed by atoms with Crippen LogP contribution < -0.4 is 4.74 Å². The van der Waals surface area contributed by atoms with Crippen molar-refractivity contribution in [2.45, 2.75) is 30.9 Å². The monoisotopic (exact) mass is 392 g/mol. The lowest BCUT2D eigenvalue weighted by molar-refractivity contribution is -0.321. The molecule has 0 amide bonds. The van der Waals surface area contributed by atoms with Crippen LogP contribution in [0.1, 0.15) is 11.1 Å². The van der Waals surface area contributed by atoms with Gasteiger partial charge in [-0.25, -0.2) is 0 Å². The number of benzene rings is 2. The van der Waals surface area contributed by atoms with Crippen LogP contribution in [0, 0.1) is 0 Å². The summed E-state index contributed by atoms with van der Waals surface area (Å²) >= 11 is 0. The van der Waals surface area contributed by atoms with E-state index in [0.29, 0.717) is 11.1 Å². The second-order valence-electron chi connectivity index (χ2n) is 6.33. The van der Waals surface area contributed by atoms with Crippen molar-refractivity contribution in [3.8, 4) is 23.0 Å². The van der Waals surface area contributed by atoms with Crippen LogP contribution in [0.15, 0.2) is 36.4 Å². The van der Waals surface area contributed by atoms with E-state index in [1.807, 2.05) is 0 Å². The van der Waals surface area contributed by atoms with Gasteiger partial charge in [0.15, 0.2) is 17.8 Å². The summed E-state index contributed by atoms with van der Waals surface area (Å²) in [4.78, 5) is 0. The Morgan fingerprint density at radius 2 is 1.46 bits per heavy atom. The van der Waals surface area contributed by atoms with Crippen LogP contribution in [0.4, 0.5) is 0 Å². The molecule has 0 aromatic heterocycles. The molecule has 0 bridgehead atoms. The van der Waals surface area contributed by atoms with E-state index in [9.17, 15) is 35.7 Å². The van der Waals surface area contributed by atoms with Crippen molar-refractivity contribution in [2.24, 2.45) is 0 Å². The van der Waals surface area contributed by atoms with Crippen molar-refractivity contribution in [1.29, 1.82) is 0 Å². The number of ether oxygens (including phenoxy) is 2. The van der Waals surface area contributed by atoms with Crippen molar-refractivity contribution in [3.05, 3.63) is 47.5 Å². The van der Waals surface area contributed by atoms with Gasteiger partial charge in [-0.2, -0.15) is 0 Å². The summed E-state index contributed by atoms with van der Waals surface area (Å²) < 4.78 is 10.3. The summed E-state index contributed by atoms with van der Waals surface area (Å²) in [5, 5.41) is 67.4. The van der Waals surface area contributed by atoms with Gasteiger partial charge in [0.25, 0.3) is 0 Å². The number of phenols is 3. The molecular formula is C19H20O9. The molecule has 1 aliphatic rings. The molecule has 0 spiro atoms. The lowest BCUT2D eigenvalue weighted by Gasteiger charge is -2.37. The van der Waals surface area contributed by atoms with Crippen LogP contribution in [0.25, 0.3) is 12.2 Å². The van der Waals surface area contributed by atoms with Gasteiger partial charge in [0.2, 0.25) is 6.29 Å². The second kappa shape index (κ2) is 8.05. The molecule has 9 heteroatoms. The maximum absolute atomic E-state index is 9.93. The maximum Gasteiger partial charge on any atom is 0.231 e. The zero-order valence-electron chi connectivity index (χ0n) is 14.5. The third kappa shape index (κ3) is 4.35. The minimum atomic E-state index is -1.75. The van der Waals surface area contributed by atoms with Gasteiger partial charge in [0.1, 0.15) is 29.8 Å². The Bertz CT molecular complexity index is 866. The number of aromatic hydroxyl groups is 3.